The molecular weight excluding hydrogens is 412 g/mol. The van der Waals surface area contributed by atoms with Crippen molar-refractivity contribution in [2.24, 2.45) is 0 Å². The Kier molecular flexibility index (Phi) is 7.50. The highest BCUT2D eigenvalue weighted by Crippen LogP contribution is 2.19. The number of likely N-dealkylation sites (N-methyl/N-ethyl adjacent to an activating group) is 1. The molecule has 4 rings (SSSR count). The van der Waals surface area contributed by atoms with Gasteiger partial charge in [0.15, 0.2) is 0 Å². The maximum atomic E-state index is 12.9. The molecule has 0 spiro atoms. The van der Waals surface area contributed by atoms with E-state index in [-0.39, 0.29) is 11.8 Å². The summed E-state index contributed by atoms with van der Waals surface area (Å²) in [5, 5.41) is 5.79. The van der Waals surface area contributed by atoms with Crippen molar-refractivity contribution in [1.29, 1.82) is 0 Å². The standard InChI is InChI=1S/C27H30N4O2/c1-2-30-16-18-31(19-17-30)20-21-12-14-23(15-13-21)28-27(33)24-10-6-7-11-25(24)29-26(32)22-8-4-3-5-9-22/h3-15H,2,16-20H2,1H3,(H,28,33)(H,29,32). The lowest BCUT2D eigenvalue weighted by Gasteiger charge is -2.34. The first-order valence-electron chi connectivity index (χ1n) is 11.4. The van der Waals surface area contributed by atoms with E-state index in [9.17, 15) is 9.59 Å². The van der Waals surface area contributed by atoms with Gasteiger partial charge in [-0.15, -0.1) is 0 Å². The predicted octanol–water partition coefficient (Wildman–Crippen LogP) is 4.33. The van der Waals surface area contributed by atoms with E-state index in [1.54, 1.807) is 36.4 Å². The number of piperazine rings is 1. The van der Waals surface area contributed by atoms with E-state index in [4.69, 9.17) is 0 Å². The van der Waals surface area contributed by atoms with E-state index in [1.807, 2.05) is 30.3 Å². The molecule has 6 nitrogen and oxygen atoms in total. The third-order valence-electron chi connectivity index (χ3n) is 5.99. The van der Waals surface area contributed by atoms with Crippen molar-refractivity contribution in [3.63, 3.8) is 0 Å². The molecule has 1 aliphatic rings. The van der Waals surface area contributed by atoms with Crippen LogP contribution in [0.1, 0.15) is 33.2 Å². The van der Waals surface area contributed by atoms with Crippen LogP contribution in [0.3, 0.4) is 0 Å². The van der Waals surface area contributed by atoms with Gasteiger partial charge in [-0.3, -0.25) is 14.5 Å². The molecule has 3 aromatic rings. The van der Waals surface area contributed by atoms with Crippen molar-refractivity contribution in [1.82, 2.24) is 9.80 Å². The van der Waals surface area contributed by atoms with E-state index in [0.29, 0.717) is 16.8 Å². The normalized spacial score (nSPS) is 14.6. The lowest BCUT2D eigenvalue weighted by atomic mass is 10.1. The van der Waals surface area contributed by atoms with Crippen LogP contribution in [-0.4, -0.2) is 54.3 Å². The van der Waals surface area contributed by atoms with E-state index < -0.39 is 0 Å². The molecule has 1 aliphatic heterocycles. The number of nitrogens with zero attached hydrogens (tertiary/aromatic N) is 2. The first kappa shape index (κ1) is 22.7. The van der Waals surface area contributed by atoms with Gasteiger partial charge in [0.05, 0.1) is 11.3 Å². The molecule has 2 amide bonds. The van der Waals surface area contributed by atoms with Crippen molar-refractivity contribution >= 4 is 23.2 Å². The van der Waals surface area contributed by atoms with Gasteiger partial charge in [-0.2, -0.15) is 0 Å². The van der Waals surface area contributed by atoms with Crippen molar-refractivity contribution in [3.8, 4) is 0 Å². The number of anilines is 2. The van der Waals surface area contributed by atoms with Crippen LogP contribution in [0, 0.1) is 0 Å². The molecule has 1 heterocycles. The van der Waals surface area contributed by atoms with Gasteiger partial charge < -0.3 is 15.5 Å². The average molecular weight is 443 g/mol. The summed E-state index contributed by atoms with van der Waals surface area (Å²) < 4.78 is 0. The molecule has 0 aliphatic carbocycles. The van der Waals surface area contributed by atoms with Crippen LogP contribution in [0.15, 0.2) is 78.9 Å². The quantitative estimate of drug-likeness (QED) is 0.572. The van der Waals surface area contributed by atoms with Crippen LogP contribution in [-0.2, 0) is 6.54 Å². The molecule has 2 N–H and O–H groups in total. The summed E-state index contributed by atoms with van der Waals surface area (Å²) in [7, 11) is 0. The number of para-hydroxylation sites is 1. The summed E-state index contributed by atoms with van der Waals surface area (Å²) in [5.41, 5.74) is 3.39. The first-order valence-corrected chi connectivity index (χ1v) is 11.4. The molecule has 3 aromatic carbocycles. The van der Waals surface area contributed by atoms with Gasteiger partial charge in [0, 0.05) is 44.0 Å². The van der Waals surface area contributed by atoms with Crippen LogP contribution < -0.4 is 10.6 Å². The third kappa shape index (κ3) is 6.06. The van der Waals surface area contributed by atoms with Crippen LogP contribution >= 0.6 is 0 Å². The number of rotatable bonds is 7. The smallest absolute Gasteiger partial charge is 0.257 e. The maximum absolute atomic E-state index is 12.9. The second kappa shape index (κ2) is 10.9. The molecule has 0 aromatic heterocycles. The van der Waals surface area contributed by atoms with Crippen molar-refractivity contribution in [2.75, 3.05) is 43.4 Å². The number of hydrogen-bond acceptors (Lipinski definition) is 4. The van der Waals surface area contributed by atoms with Gasteiger partial charge in [-0.05, 0) is 48.5 Å². The zero-order chi connectivity index (χ0) is 23.0. The first-order chi connectivity index (χ1) is 16.1. The minimum atomic E-state index is -0.262. The number of benzene rings is 3. The fraction of sp³-hybridized carbons (Fsp3) is 0.259. The molecule has 1 fully saturated rings. The summed E-state index contributed by atoms with van der Waals surface area (Å²) >= 11 is 0. The van der Waals surface area contributed by atoms with E-state index >= 15 is 0 Å². The van der Waals surface area contributed by atoms with Crippen LogP contribution in [0.4, 0.5) is 11.4 Å². The van der Waals surface area contributed by atoms with Gasteiger partial charge in [-0.25, -0.2) is 0 Å². The second-order valence-corrected chi connectivity index (χ2v) is 8.23. The SMILES string of the molecule is CCN1CCN(Cc2ccc(NC(=O)c3ccccc3NC(=O)c3ccccc3)cc2)CC1. The topological polar surface area (TPSA) is 64.7 Å². The zero-order valence-corrected chi connectivity index (χ0v) is 19.0. The van der Waals surface area contributed by atoms with Crippen molar-refractivity contribution < 1.29 is 9.59 Å². The molecule has 0 radical (unpaired) electrons. The number of nitrogens with one attached hydrogen (secondary N) is 2. The molecular formula is C27H30N4O2. The monoisotopic (exact) mass is 442 g/mol. The Morgan fingerprint density at radius 1 is 0.727 bits per heavy atom. The summed E-state index contributed by atoms with van der Waals surface area (Å²) in [6.07, 6.45) is 0. The second-order valence-electron chi connectivity index (χ2n) is 8.23. The maximum Gasteiger partial charge on any atom is 0.257 e. The summed E-state index contributed by atoms with van der Waals surface area (Å²) in [5.74, 6) is -0.512. The highest BCUT2D eigenvalue weighted by molar-refractivity contribution is 6.12. The average Bonchev–Trinajstić information content (AvgIpc) is 2.86. The molecule has 1 saturated heterocycles. The minimum Gasteiger partial charge on any atom is -0.322 e. The van der Waals surface area contributed by atoms with Gasteiger partial charge >= 0.3 is 0 Å². The highest BCUT2D eigenvalue weighted by atomic mass is 16.2. The molecule has 0 atom stereocenters. The molecule has 0 saturated carbocycles. The van der Waals surface area contributed by atoms with Crippen LogP contribution in [0.5, 0.6) is 0 Å². The van der Waals surface area contributed by atoms with Gasteiger partial charge in [0.25, 0.3) is 11.8 Å². The number of amides is 2. The molecule has 6 heteroatoms. The Morgan fingerprint density at radius 3 is 2.06 bits per heavy atom. The molecule has 170 valence electrons. The van der Waals surface area contributed by atoms with Gasteiger partial charge in [0.1, 0.15) is 0 Å². The summed E-state index contributed by atoms with van der Waals surface area (Å²) in [4.78, 5) is 30.4. The van der Waals surface area contributed by atoms with Gasteiger partial charge in [-0.1, -0.05) is 49.4 Å². The fourth-order valence-corrected chi connectivity index (χ4v) is 3.99. The lowest BCUT2D eigenvalue weighted by molar-refractivity contribution is 0.102. The summed E-state index contributed by atoms with van der Waals surface area (Å²) in [6.45, 7) is 8.63. The Morgan fingerprint density at radius 2 is 1.36 bits per heavy atom. The molecule has 33 heavy (non-hydrogen) atoms. The fourth-order valence-electron chi connectivity index (χ4n) is 3.99. The molecule has 0 unspecified atom stereocenters. The van der Waals surface area contributed by atoms with Gasteiger partial charge in [0.2, 0.25) is 0 Å². The Labute approximate surface area is 195 Å². The van der Waals surface area contributed by atoms with Crippen LogP contribution in [0.25, 0.3) is 0 Å². The Bertz CT molecular complexity index is 1070. The van der Waals surface area contributed by atoms with Crippen LogP contribution in [0.2, 0.25) is 0 Å². The Hall–Kier alpha value is -3.48. The minimum absolute atomic E-state index is 0.250. The van der Waals surface area contributed by atoms with E-state index in [1.165, 1.54) is 5.56 Å². The Balaban J connectivity index is 1.37. The number of carbonyl (C=O) groups excluding carboxylic acids is 2. The highest BCUT2D eigenvalue weighted by Gasteiger charge is 2.16. The largest absolute Gasteiger partial charge is 0.322 e. The number of hydrogen-bond donors (Lipinski definition) is 2. The van der Waals surface area contributed by atoms with E-state index in [0.717, 1.165) is 45.0 Å². The molecule has 0 bridgehead atoms. The third-order valence-corrected chi connectivity index (χ3v) is 5.99. The lowest BCUT2D eigenvalue weighted by Crippen LogP contribution is -2.45. The van der Waals surface area contributed by atoms with Crippen molar-refractivity contribution in [3.05, 3.63) is 95.6 Å². The van der Waals surface area contributed by atoms with E-state index in [2.05, 4.69) is 39.5 Å². The predicted molar refractivity (Wildman–Crippen MR) is 133 cm³/mol. The zero-order valence-electron chi connectivity index (χ0n) is 19.0. The summed E-state index contributed by atoms with van der Waals surface area (Å²) in [6, 6.07) is 24.0. The van der Waals surface area contributed by atoms with Crippen molar-refractivity contribution in [2.45, 2.75) is 13.5 Å². The number of carbonyl (C=O) groups is 2.